The van der Waals surface area contributed by atoms with Gasteiger partial charge in [0.2, 0.25) is 0 Å². The van der Waals surface area contributed by atoms with Crippen LogP contribution in [0.15, 0.2) is 0 Å². The molecule has 0 saturated heterocycles. The van der Waals surface area contributed by atoms with Gasteiger partial charge in [-0.15, -0.1) is 0 Å². The summed E-state index contributed by atoms with van der Waals surface area (Å²) in [5.41, 5.74) is -1.32. The van der Waals surface area contributed by atoms with E-state index in [1.54, 1.807) is 0 Å². The van der Waals surface area contributed by atoms with Gasteiger partial charge in [0.25, 0.3) is 0 Å². The lowest BCUT2D eigenvalue weighted by Gasteiger charge is -2.65. The van der Waals surface area contributed by atoms with Crippen LogP contribution in [0, 0.1) is 37.9 Å². The summed E-state index contributed by atoms with van der Waals surface area (Å²) < 4.78 is 0. The molecule has 4 heteroatoms. The van der Waals surface area contributed by atoms with Crippen LogP contribution >= 0.6 is 0 Å². The van der Waals surface area contributed by atoms with E-state index in [-0.39, 0.29) is 32.5 Å². The highest BCUT2D eigenvalue weighted by Crippen LogP contribution is 2.68. The Balaban J connectivity index is 2.46. The molecule has 2 aliphatic rings. The molecule has 0 heterocycles. The van der Waals surface area contributed by atoms with Crippen molar-refractivity contribution < 1.29 is 20.3 Å². The van der Waals surface area contributed by atoms with Crippen molar-refractivity contribution in [3.8, 4) is 0 Å². The minimum Gasteiger partial charge on any atom is -0.251 e. The fraction of sp³-hybridized carbons (Fsp3) is 1.00. The van der Waals surface area contributed by atoms with Crippen LogP contribution in [0.25, 0.3) is 0 Å². The van der Waals surface area contributed by atoms with Gasteiger partial charge >= 0.3 is 0 Å². The lowest BCUT2D eigenvalue weighted by molar-refractivity contribution is -0.427. The van der Waals surface area contributed by atoms with E-state index in [9.17, 15) is 10.5 Å². The van der Waals surface area contributed by atoms with E-state index in [1.165, 1.54) is 0 Å². The molecule has 208 valence electrons. The van der Waals surface area contributed by atoms with Gasteiger partial charge in [-0.2, -0.15) is 0 Å². The molecule has 0 bridgehead atoms. The Bertz CT molecular complexity index is 626. The minimum atomic E-state index is -0.765. The molecule has 0 amide bonds. The predicted octanol–water partition coefficient (Wildman–Crippen LogP) is 9.77. The second-order valence-corrected chi connectivity index (χ2v) is 17.0. The van der Waals surface area contributed by atoms with Crippen LogP contribution in [0.5, 0.6) is 0 Å². The first kappa shape index (κ1) is 31.1. The molecule has 0 spiro atoms. The zero-order chi connectivity index (χ0) is 27.6. The zero-order valence-electron chi connectivity index (χ0n) is 25.9. The quantitative estimate of drug-likeness (QED) is 0.300. The third-order valence-electron chi connectivity index (χ3n) is 12.2. The topological polar surface area (TPSA) is 58.9 Å². The van der Waals surface area contributed by atoms with Gasteiger partial charge in [-0.05, 0) is 83.9 Å². The highest BCUT2D eigenvalue weighted by molar-refractivity contribution is 5.15. The Kier molecular flexibility index (Phi) is 7.95. The standard InChI is InChI=1S/C31H60O4/c1-23(2,3)28(24(4,5)6)15-19-30(34-32,20-16-28)27(13,14)31(35-33)21-17-29(18-22-31,25(7,8)9)26(10,11)12/h32-33H,15-22H2,1-14H3. The fourth-order valence-corrected chi connectivity index (χ4v) is 9.49. The van der Waals surface area contributed by atoms with Crippen molar-refractivity contribution in [1.82, 2.24) is 0 Å². The lowest BCUT2D eigenvalue weighted by Crippen LogP contribution is -2.66. The Morgan fingerprint density at radius 1 is 0.400 bits per heavy atom. The van der Waals surface area contributed by atoms with Gasteiger partial charge in [0.15, 0.2) is 0 Å². The molecule has 2 aliphatic carbocycles. The second kappa shape index (κ2) is 8.95. The third-order valence-corrected chi connectivity index (χ3v) is 12.2. The van der Waals surface area contributed by atoms with Crippen molar-refractivity contribution in [3.05, 3.63) is 0 Å². The van der Waals surface area contributed by atoms with Crippen molar-refractivity contribution in [2.75, 3.05) is 0 Å². The molecular weight excluding hydrogens is 436 g/mol. The van der Waals surface area contributed by atoms with Gasteiger partial charge in [-0.1, -0.05) is 96.9 Å². The Labute approximate surface area is 217 Å². The molecule has 2 rings (SSSR count). The molecule has 35 heavy (non-hydrogen) atoms. The Morgan fingerprint density at radius 2 is 0.600 bits per heavy atom. The molecule has 0 aromatic rings. The van der Waals surface area contributed by atoms with Crippen molar-refractivity contribution in [2.24, 2.45) is 37.9 Å². The van der Waals surface area contributed by atoms with E-state index in [2.05, 4.69) is 96.9 Å². The molecule has 0 aromatic heterocycles. The van der Waals surface area contributed by atoms with Crippen LogP contribution in [0.2, 0.25) is 0 Å². The van der Waals surface area contributed by atoms with Crippen molar-refractivity contribution in [1.29, 1.82) is 0 Å². The summed E-state index contributed by atoms with van der Waals surface area (Å²) in [4.78, 5) is 11.1. The molecule has 2 N–H and O–H groups in total. The van der Waals surface area contributed by atoms with Crippen molar-refractivity contribution >= 4 is 0 Å². The maximum absolute atomic E-state index is 10.5. The smallest absolute Gasteiger partial charge is 0.111 e. The SMILES string of the molecule is CC(C)(C)C1(C(C)(C)C)CCC(OO)(C(C)(C)C2(OO)CCC(C(C)(C)C)(C(C)(C)C)CC2)CC1. The highest BCUT2D eigenvalue weighted by Gasteiger charge is 2.67. The number of rotatable bonds is 4. The second-order valence-electron chi connectivity index (χ2n) is 17.0. The predicted molar refractivity (Wildman–Crippen MR) is 146 cm³/mol. The molecule has 0 aliphatic heterocycles. The summed E-state index contributed by atoms with van der Waals surface area (Å²) in [5.74, 6) is 0. The molecule has 0 atom stereocenters. The van der Waals surface area contributed by atoms with E-state index >= 15 is 0 Å². The molecule has 2 fully saturated rings. The summed E-state index contributed by atoms with van der Waals surface area (Å²) >= 11 is 0. The first-order chi connectivity index (χ1) is 15.4. The maximum atomic E-state index is 10.5. The largest absolute Gasteiger partial charge is 0.251 e. The molecule has 0 radical (unpaired) electrons. The summed E-state index contributed by atoms with van der Waals surface area (Å²) in [7, 11) is 0. The molecule has 2 saturated carbocycles. The van der Waals surface area contributed by atoms with E-state index < -0.39 is 16.6 Å². The molecule has 0 aromatic carbocycles. The average molecular weight is 497 g/mol. The van der Waals surface area contributed by atoms with Crippen molar-refractivity contribution in [2.45, 2.75) is 160 Å². The van der Waals surface area contributed by atoms with Crippen LogP contribution in [0.3, 0.4) is 0 Å². The van der Waals surface area contributed by atoms with Crippen LogP contribution < -0.4 is 0 Å². The minimum absolute atomic E-state index is 0.130. The average Bonchev–Trinajstić information content (AvgIpc) is 2.70. The molecular formula is C31H60O4. The summed E-state index contributed by atoms with van der Waals surface area (Å²) in [6, 6.07) is 0. The lowest BCUT2D eigenvalue weighted by atomic mass is 9.42. The third kappa shape index (κ3) is 4.45. The van der Waals surface area contributed by atoms with Gasteiger partial charge in [0.1, 0.15) is 11.2 Å². The maximum Gasteiger partial charge on any atom is 0.111 e. The van der Waals surface area contributed by atoms with E-state index in [4.69, 9.17) is 9.78 Å². The van der Waals surface area contributed by atoms with Gasteiger partial charge in [-0.3, -0.25) is 10.5 Å². The first-order valence-corrected chi connectivity index (χ1v) is 14.1. The monoisotopic (exact) mass is 496 g/mol. The Morgan fingerprint density at radius 3 is 0.743 bits per heavy atom. The van der Waals surface area contributed by atoms with Gasteiger partial charge < -0.3 is 0 Å². The van der Waals surface area contributed by atoms with E-state index in [0.29, 0.717) is 0 Å². The summed E-state index contributed by atoms with van der Waals surface area (Å²) in [5, 5.41) is 21.0. The number of hydrogen-bond acceptors (Lipinski definition) is 4. The van der Waals surface area contributed by atoms with Crippen LogP contribution in [0.1, 0.15) is 148 Å². The Hall–Kier alpha value is -0.160. The molecule has 4 nitrogen and oxygen atoms in total. The van der Waals surface area contributed by atoms with Gasteiger partial charge in [0.05, 0.1) is 0 Å². The fourth-order valence-electron chi connectivity index (χ4n) is 9.49. The van der Waals surface area contributed by atoms with Crippen molar-refractivity contribution in [3.63, 3.8) is 0 Å². The first-order valence-electron chi connectivity index (χ1n) is 14.1. The van der Waals surface area contributed by atoms with Crippen LogP contribution in [-0.2, 0) is 9.78 Å². The van der Waals surface area contributed by atoms with Crippen LogP contribution in [0.4, 0.5) is 0 Å². The van der Waals surface area contributed by atoms with Crippen LogP contribution in [-0.4, -0.2) is 21.7 Å². The van der Waals surface area contributed by atoms with Gasteiger partial charge in [-0.25, -0.2) is 9.78 Å². The normalized spacial score (nSPS) is 25.4. The number of hydrogen-bond donors (Lipinski definition) is 2. The summed E-state index contributed by atoms with van der Waals surface area (Å²) in [6.07, 6.45) is 6.89. The highest BCUT2D eigenvalue weighted by atomic mass is 17.1. The van der Waals surface area contributed by atoms with Gasteiger partial charge in [0, 0.05) is 5.41 Å². The van der Waals surface area contributed by atoms with E-state index in [1.807, 2.05) is 0 Å². The zero-order valence-corrected chi connectivity index (χ0v) is 25.9. The summed E-state index contributed by atoms with van der Waals surface area (Å²) in [6.45, 7) is 32.6. The van der Waals surface area contributed by atoms with E-state index in [0.717, 1.165) is 51.4 Å². The molecule has 0 unspecified atom stereocenters.